The molecule has 0 N–H and O–H groups in total. The van der Waals surface area contributed by atoms with Gasteiger partial charge in [-0.2, -0.15) is 0 Å². The number of carbonyl (C=O) groups excluding carboxylic acids is 2. The van der Waals surface area contributed by atoms with E-state index in [1.165, 1.54) is 11.1 Å². The number of ketones is 1. The molecule has 1 saturated carbocycles. The van der Waals surface area contributed by atoms with Crippen molar-refractivity contribution < 1.29 is 19.1 Å². The van der Waals surface area contributed by atoms with Gasteiger partial charge in [0.2, 0.25) is 0 Å². The maximum atomic E-state index is 13.1. The minimum atomic E-state index is -1.08. The lowest BCUT2D eigenvalue weighted by molar-refractivity contribution is -0.207. The van der Waals surface area contributed by atoms with Crippen molar-refractivity contribution in [2.24, 2.45) is 10.8 Å². The number of benzene rings is 1. The summed E-state index contributed by atoms with van der Waals surface area (Å²) >= 11 is 0. The summed E-state index contributed by atoms with van der Waals surface area (Å²) in [5.41, 5.74) is 1.25. The number of fused-ring (bicyclic) bond motifs is 2. The number of nitrogens with zero attached hydrogens (tertiary/aromatic N) is 1. The van der Waals surface area contributed by atoms with Crippen molar-refractivity contribution in [2.45, 2.75) is 64.5 Å². The molecule has 0 amide bonds. The summed E-state index contributed by atoms with van der Waals surface area (Å²) in [5.74, 6) is 0.443. The Morgan fingerprint density at radius 3 is 2.57 bits per heavy atom. The molecule has 5 rings (SSSR count). The van der Waals surface area contributed by atoms with E-state index in [0.29, 0.717) is 19.1 Å². The van der Waals surface area contributed by atoms with E-state index in [1.807, 2.05) is 6.07 Å². The van der Waals surface area contributed by atoms with Gasteiger partial charge in [-0.1, -0.05) is 19.9 Å². The van der Waals surface area contributed by atoms with Gasteiger partial charge >= 0.3 is 5.97 Å². The summed E-state index contributed by atoms with van der Waals surface area (Å²) in [5, 5.41) is 0. The predicted molar refractivity (Wildman–Crippen MR) is 106 cm³/mol. The van der Waals surface area contributed by atoms with Crippen molar-refractivity contribution in [3.05, 3.63) is 29.3 Å². The number of carbonyl (C=O) groups is 2. The largest absolute Gasteiger partial charge is 0.497 e. The summed E-state index contributed by atoms with van der Waals surface area (Å²) in [6.07, 6.45) is 2.23. The zero-order valence-electron chi connectivity index (χ0n) is 17.8. The Bertz CT molecular complexity index is 851. The SMILES string of the molecule is CCOC(=O)C1(C(C)=O)C[C@]2(C)C3Cc4ccc(OC)cc4[C@]2(C)CC1N3C. The molecule has 0 aromatic heterocycles. The molecule has 2 aliphatic carbocycles. The lowest BCUT2D eigenvalue weighted by Gasteiger charge is -2.71. The van der Waals surface area contributed by atoms with Crippen LogP contribution in [0.4, 0.5) is 0 Å². The van der Waals surface area contributed by atoms with Crippen molar-refractivity contribution in [3.8, 4) is 5.75 Å². The van der Waals surface area contributed by atoms with Crippen molar-refractivity contribution >= 4 is 11.8 Å². The molecular weight excluding hydrogens is 354 g/mol. The quantitative estimate of drug-likeness (QED) is 0.589. The van der Waals surface area contributed by atoms with Gasteiger partial charge in [0.1, 0.15) is 16.9 Å². The molecule has 4 bridgehead atoms. The third-order valence-corrected chi connectivity index (χ3v) is 8.39. The van der Waals surface area contributed by atoms with E-state index < -0.39 is 5.41 Å². The van der Waals surface area contributed by atoms with Crippen LogP contribution in [0.25, 0.3) is 0 Å². The van der Waals surface area contributed by atoms with Crippen LogP contribution in [0.1, 0.15) is 51.7 Å². The number of methoxy groups -OCH3 is 1. The lowest BCUT2D eigenvalue weighted by Crippen LogP contribution is -2.78. The minimum Gasteiger partial charge on any atom is -0.497 e. The maximum Gasteiger partial charge on any atom is 0.321 e. The highest BCUT2D eigenvalue weighted by atomic mass is 16.5. The number of esters is 1. The maximum absolute atomic E-state index is 13.1. The molecule has 0 spiro atoms. The van der Waals surface area contributed by atoms with Crippen LogP contribution in [-0.4, -0.2) is 49.5 Å². The number of piperidine rings is 2. The first kappa shape index (κ1) is 19.4. The van der Waals surface area contributed by atoms with Gasteiger partial charge in [0.05, 0.1) is 13.7 Å². The third-order valence-electron chi connectivity index (χ3n) is 8.39. The van der Waals surface area contributed by atoms with Crippen molar-refractivity contribution in [1.29, 1.82) is 0 Å². The van der Waals surface area contributed by atoms with Crippen LogP contribution in [0.5, 0.6) is 5.75 Å². The van der Waals surface area contributed by atoms with Crippen LogP contribution in [0.2, 0.25) is 0 Å². The molecule has 4 aliphatic rings. The molecule has 5 nitrogen and oxygen atoms in total. The zero-order valence-corrected chi connectivity index (χ0v) is 17.8. The van der Waals surface area contributed by atoms with Gasteiger partial charge in [-0.25, -0.2) is 0 Å². The van der Waals surface area contributed by atoms with Gasteiger partial charge in [0.25, 0.3) is 0 Å². The van der Waals surface area contributed by atoms with E-state index in [1.54, 1.807) is 21.0 Å². The Morgan fingerprint density at radius 1 is 1.25 bits per heavy atom. The number of likely N-dealkylation sites (N-methyl/N-ethyl adjacent to an activating group) is 1. The van der Waals surface area contributed by atoms with Crippen LogP contribution in [0, 0.1) is 10.8 Å². The Labute approximate surface area is 167 Å². The summed E-state index contributed by atoms with van der Waals surface area (Å²) in [6.45, 7) is 8.23. The Hall–Kier alpha value is -1.88. The first-order valence-electron chi connectivity index (χ1n) is 10.2. The summed E-state index contributed by atoms with van der Waals surface area (Å²) in [4.78, 5) is 28.4. The van der Waals surface area contributed by atoms with E-state index in [0.717, 1.165) is 18.6 Å². The molecular formula is C23H31NO4. The minimum absolute atomic E-state index is 0.0686. The topological polar surface area (TPSA) is 55.8 Å². The first-order chi connectivity index (χ1) is 13.2. The molecule has 28 heavy (non-hydrogen) atoms. The highest BCUT2D eigenvalue weighted by Crippen LogP contribution is 2.68. The van der Waals surface area contributed by atoms with E-state index in [9.17, 15) is 9.59 Å². The molecule has 5 heteroatoms. The van der Waals surface area contributed by atoms with Gasteiger partial charge in [-0.15, -0.1) is 0 Å². The van der Waals surface area contributed by atoms with E-state index in [-0.39, 0.29) is 28.6 Å². The van der Waals surface area contributed by atoms with E-state index >= 15 is 0 Å². The highest BCUT2D eigenvalue weighted by molar-refractivity contribution is 6.04. The fourth-order valence-electron chi connectivity index (χ4n) is 6.67. The summed E-state index contributed by atoms with van der Waals surface area (Å²) in [7, 11) is 3.78. The Morgan fingerprint density at radius 2 is 1.96 bits per heavy atom. The average Bonchev–Trinajstić information content (AvgIpc) is 2.65. The molecule has 2 saturated heterocycles. The fourth-order valence-corrected chi connectivity index (χ4v) is 6.67. The van der Waals surface area contributed by atoms with Crippen molar-refractivity contribution in [3.63, 3.8) is 0 Å². The molecule has 3 unspecified atom stereocenters. The number of hydrogen-bond donors (Lipinski definition) is 0. The molecule has 5 atom stereocenters. The van der Waals surface area contributed by atoms with Gasteiger partial charge in [0.15, 0.2) is 0 Å². The molecule has 2 heterocycles. The second kappa shape index (κ2) is 6.06. The van der Waals surface area contributed by atoms with Crippen LogP contribution in [-0.2, 0) is 26.2 Å². The van der Waals surface area contributed by atoms with Crippen LogP contribution in [0.3, 0.4) is 0 Å². The van der Waals surface area contributed by atoms with Crippen LogP contribution < -0.4 is 4.74 Å². The molecule has 2 aliphatic heterocycles. The van der Waals surface area contributed by atoms with Gasteiger partial charge in [-0.05, 0) is 68.8 Å². The van der Waals surface area contributed by atoms with Crippen LogP contribution >= 0.6 is 0 Å². The van der Waals surface area contributed by atoms with Crippen molar-refractivity contribution in [1.82, 2.24) is 4.90 Å². The number of ether oxygens (including phenoxy) is 2. The summed E-state index contributed by atoms with van der Waals surface area (Å²) < 4.78 is 11.0. The monoisotopic (exact) mass is 385 g/mol. The van der Waals surface area contributed by atoms with Gasteiger partial charge in [-0.3, -0.25) is 14.5 Å². The molecule has 1 aromatic carbocycles. The van der Waals surface area contributed by atoms with Crippen LogP contribution in [0.15, 0.2) is 18.2 Å². The van der Waals surface area contributed by atoms with Crippen molar-refractivity contribution in [2.75, 3.05) is 20.8 Å². The molecule has 1 aromatic rings. The smallest absolute Gasteiger partial charge is 0.321 e. The Balaban J connectivity index is 1.90. The first-order valence-corrected chi connectivity index (χ1v) is 10.2. The standard InChI is InChI=1S/C23H31NO4/c1-7-28-20(26)23(14(2)25)13-22(4)18-10-15-8-9-16(27-6)11-17(15)21(22,3)12-19(23)24(18)5/h8-9,11,18-19H,7,10,12-13H2,1-6H3/t18?,19?,21-,22+,23?/m0/s1. The molecule has 3 fully saturated rings. The summed E-state index contributed by atoms with van der Waals surface area (Å²) in [6, 6.07) is 6.51. The van der Waals surface area contributed by atoms with E-state index in [2.05, 4.69) is 37.9 Å². The number of rotatable bonds is 4. The third kappa shape index (κ3) is 2.11. The van der Waals surface area contributed by atoms with E-state index in [4.69, 9.17) is 9.47 Å². The number of Topliss-reactive ketones (excluding diaryl/α,β-unsaturated/α-hetero) is 1. The second-order valence-electron chi connectivity index (χ2n) is 9.30. The molecule has 152 valence electrons. The predicted octanol–water partition coefficient (Wildman–Crippen LogP) is 3.13. The number of hydrogen-bond acceptors (Lipinski definition) is 5. The normalized spacial score (nSPS) is 38.6. The second-order valence-corrected chi connectivity index (χ2v) is 9.30. The average molecular weight is 386 g/mol. The highest BCUT2D eigenvalue weighted by Gasteiger charge is 2.73. The van der Waals surface area contributed by atoms with Gasteiger partial charge < -0.3 is 9.47 Å². The fraction of sp³-hybridized carbons (Fsp3) is 0.652. The Kier molecular flexibility index (Phi) is 4.20. The zero-order chi connectivity index (χ0) is 20.5. The van der Waals surface area contributed by atoms with Gasteiger partial charge in [0, 0.05) is 17.5 Å². The lowest BCUT2D eigenvalue weighted by atomic mass is 9.39. The molecule has 0 radical (unpaired) electrons.